The Morgan fingerprint density at radius 2 is 2.38 bits per heavy atom. The molecule has 0 spiro atoms. The summed E-state index contributed by atoms with van der Waals surface area (Å²) in [6.07, 6.45) is 1.60. The highest BCUT2D eigenvalue weighted by atomic mass is 79.9. The van der Waals surface area contributed by atoms with Crippen molar-refractivity contribution in [3.63, 3.8) is 0 Å². The molecule has 0 aromatic carbocycles. The molecule has 0 bridgehead atoms. The number of nitrogens with one attached hydrogen (secondary N) is 1. The molecular weight excluding hydrogens is 276 g/mol. The van der Waals surface area contributed by atoms with Gasteiger partial charge >= 0.3 is 0 Å². The molecule has 1 N–H and O–H groups in total. The summed E-state index contributed by atoms with van der Waals surface area (Å²) >= 11 is 3.29. The second-order valence-electron chi connectivity index (χ2n) is 2.95. The maximum Gasteiger partial charge on any atom is 0.251 e. The Morgan fingerprint density at radius 3 is 3.06 bits per heavy atom. The smallest absolute Gasteiger partial charge is 0.251 e. The second-order valence-corrected chi connectivity index (χ2v) is 3.87. The van der Waals surface area contributed by atoms with Gasteiger partial charge in [0.1, 0.15) is 12.4 Å². The van der Waals surface area contributed by atoms with Gasteiger partial charge in [0.15, 0.2) is 0 Å². The fraction of sp³-hybridized carbons (Fsp3) is 0.400. The number of rotatable bonds is 6. The van der Waals surface area contributed by atoms with Gasteiger partial charge in [-0.2, -0.15) is 0 Å². The van der Waals surface area contributed by atoms with E-state index in [9.17, 15) is 4.79 Å². The number of ether oxygens (including phenoxy) is 2. The lowest BCUT2D eigenvalue weighted by molar-refractivity contribution is -0.121. The van der Waals surface area contributed by atoms with Crippen molar-refractivity contribution in [2.45, 2.75) is 0 Å². The lowest BCUT2D eigenvalue weighted by Gasteiger charge is -2.05. The molecule has 5 nitrogen and oxygen atoms in total. The Bertz CT molecular complexity index is 347. The Balaban J connectivity index is 2.29. The predicted octanol–water partition coefficient (Wildman–Crippen LogP) is 1.45. The molecule has 1 aromatic heterocycles. The van der Waals surface area contributed by atoms with Gasteiger partial charge in [0, 0.05) is 17.8 Å². The number of amides is 1. The van der Waals surface area contributed by atoms with Gasteiger partial charge in [-0.05, 0) is 12.1 Å². The van der Waals surface area contributed by atoms with E-state index in [1.165, 1.54) is 0 Å². The van der Waals surface area contributed by atoms with Crippen LogP contribution in [-0.4, -0.2) is 37.8 Å². The molecule has 0 saturated carbocycles. The summed E-state index contributed by atoms with van der Waals surface area (Å²) in [7, 11) is 1.58. The maximum absolute atomic E-state index is 11.4. The summed E-state index contributed by atoms with van der Waals surface area (Å²) in [6, 6.07) is 3.50. The summed E-state index contributed by atoms with van der Waals surface area (Å²) in [5.41, 5.74) is 0. The third-order valence-electron chi connectivity index (χ3n) is 1.65. The minimum absolute atomic E-state index is 0.00243. The van der Waals surface area contributed by atoms with E-state index in [1.807, 2.05) is 0 Å². The van der Waals surface area contributed by atoms with Gasteiger partial charge < -0.3 is 14.8 Å². The first-order valence-corrected chi connectivity index (χ1v) is 5.50. The molecule has 16 heavy (non-hydrogen) atoms. The Kier molecular flexibility index (Phi) is 5.99. The monoisotopic (exact) mass is 288 g/mol. The molecule has 0 fully saturated rings. The van der Waals surface area contributed by atoms with E-state index in [2.05, 4.69) is 26.2 Å². The van der Waals surface area contributed by atoms with E-state index in [0.29, 0.717) is 19.0 Å². The van der Waals surface area contributed by atoms with E-state index in [4.69, 9.17) is 9.47 Å². The second kappa shape index (κ2) is 7.32. The molecule has 0 aliphatic heterocycles. The van der Waals surface area contributed by atoms with Crippen molar-refractivity contribution in [3.05, 3.63) is 22.8 Å². The van der Waals surface area contributed by atoms with Crippen LogP contribution >= 0.6 is 15.9 Å². The number of nitrogens with zero attached hydrogens (tertiary/aromatic N) is 1. The van der Waals surface area contributed by atoms with Crippen LogP contribution in [0.3, 0.4) is 0 Å². The summed E-state index contributed by atoms with van der Waals surface area (Å²) in [5.74, 6) is 0.261. The Morgan fingerprint density at radius 1 is 1.56 bits per heavy atom. The first-order valence-electron chi connectivity index (χ1n) is 4.70. The van der Waals surface area contributed by atoms with Gasteiger partial charge in [0.2, 0.25) is 0 Å². The van der Waals surface area contributed by atoms with E-state index >= 15 is 0 Å². The minimum atomic E-state index is -0.235. The van der Waals surface area contributed by atoms with E-state index in [-0.39, 0.29) is 12.5 Å². The highest BCUT2D eigenvalue weighted by molar-refractivity contribution is 9.10. The number of anilines is 1. The van der Waals surface area contributed by atoms with Crippen LogP contribution in [0.2, 0.25) is 0 Å². The fourth-order valence-electron chi connectivity index (χ4n) is 0.959. The number of halogens is 1. The van der Waals surface area contributed by atoms with Gasteiger partial charge in [0.25, 0.3) is 5.91 Å². The number of methoxy groups -OCH3 is 1. The van der Waals surface area contributed by atoms with Gasteiger partial charge in [0.05, 0.1) is 13.2 Å². The number of hydrogen-bond donors (Lipinski definition) is 1. The topological polar surface area (TPSA) is 60.5 Å². The van der Waals surface area contributed by atoms with Gasteiger partial charge in [-0.15, -0.1) is 0 Å². The average Bonchev–Trinajstić information content (AvgIpc) is 2.24. The SMILES string of the molecule is COCCOCC(=O)Nc1cc(Br)ccn1. The molecule has 0 aliphatic carbocycles. The lowest BCUT2D eigenvalue weighted by atomic mass is 10.4. The molecule has 1 amide bonds. The van der Waals surface area contributed by atoms with Crippen molar-refractivity contribution in [1.82, 2.24) is 4.98 Å². The van der Waals surface area contributed by atoms with E-state index < -0.39 is 0 Å². The zero-order valence-electron chi connectivity index (χ0n) is 8.90. The molecule has 0 radical (unpaired) electrons. The van der Waals surface area contributed by atoms with Crippen LogP contribution in [0.25, 0.3) is 0 Å². The highest BCUT2D eigenvalue weighted by Gasteiger charge is 2.03. The van der Waals surface area contributed by atoms with Gasteiger partial charge in [-0.1, -0.05) is 15.9 Å². The molecule has 0 atom stereocenters. The molecular formula is C10H13BrN2O3. The van der Waals surface area contributed by atoms with Crippen molar-refractivity contribution in [2.24, 2.45) is 0 Å². The summed E-state index contributed by atoms with van der Waals surface area (Å²) < 4.78 is 10.7. The standard InChI is InChI=1S/C10H13BrN2O3/c1-15-4-5-16-7-10(14)13-9-6-8(11)2-3-12-9/h2-3,6H,4-5,7H2,1H3,(H,12,13,14). The summed E-state index contributed by atoms with van der Waals surface area (Å²) in [6.45, 7) is 0.871. The number of carbonyl (C=O) groups excluding carboxylic acids is 1. The molecule has 6 heteroatoms. The van der Waals surface area contributed by atoms with Crippen molar-refractivity contribution in [2.75, 3.05) is 32.2 Å². The highest BCUT2D eigenvalue weighted by Crippen LogP contribution is 2.12. The van der Waals surface area contributed by atoms with Gasteiger partial charge in [-0.25, -0.2) is 4.98 Å². The summed E-state index contributed by atoms with van der Waals surface area (Å²) in [5, 5.41) is 2.61. The quantitative estimate of drug-likeness (QED) is 0.805. The van der Waals surface area contributed by atoms with Crippen LogP contribution in [-0.2, 0) is 14.3 Å². The Hall–Kier alpha value is -0.980. The van der Waals surface area contributed by atoms with E-state index in [1.54, 1.807) is 25.4 Å². The van der Waals surface area contributed by atoms with Crippen molar-refractivity contribution in [3.8, 4) is 0 Å². The first-order chi connectivity index (χ1) is 7.72. The lowest BCUT2D eigenvalue weighted by Crippen LogP contribution is -2.20. The van der Waals surface area contributed by atoms with Crippen LogP contribution in [0.1, 0.15) is 0 Å². The van der Waals surface area contributed by atoms with E-state index in [0.717, 1.165) is 4.47 Å². The van der Waals surface area contributed by atoms with Crippen LogP contribution in [0, 0.1) is 0 Å². The molecule has 1 heterocycles. The normalized spacial score (nSPS) is 10.1. The fourth-order valence-corrected chi connectivity index (χ4v) is 1.29. The van der Waals surface area contributed by atoms with Crippen LogP contribution in [0.5, 0.6) is 0 Å². The maximum atomic E-state index is 11.4. The zero-order chi connectivity index (χ0) is 11.8. The van der Waals surface area contributed by atoms with Crippen molar-refractivity contribution < 1.29 is 14.3 Å². The average molecular weight is 289 g/mol. The summed E-state index contributed by atoms with van der Waals surface area (Å²) in [4.78, 5) is 15.3. The molecule has 0 aliphatic rings. The molecule has 1 aromatic rings. The molecule has 0 unspecified atom stereocenters. The predicted molar refractivity (Wildman–Crippen MR) is 63.3 cm³/mol. The number of carbonyl (C=O) groups is 1. The minimum Gasteiger partial charge on any atom is -0.382 e. The van der Waals surface area contributed by atoms with Gasteiger partial charge in [-0.3, -0.25) is 4.79 Å². The largest absolute Gasteiger partial charge is 0.382 e. The Labute approximate surface area is 102 Å². The third-order valence-corrected chi connectivity index (χ3v) is 2.15. The molecule has 1 rings (SSSR count). The number of hydrogen-bond acceptors (Lipinski definition) is 4. The van der Waals surface area contributed by atoms with Crippen LogP contribution < -0.4 is 5.32 Å². The number of pyridine rings is 1. The number of aromatic nitrogens is 1. The third kappa shape index (κ3) is 5.20. The van der Waals surface area contributed by atoms with Crippen LogP contribution in [0.4, 0.5) is 5.82 Å². The van der Waals surface area contributed by atoms with Crippen LogP contribution in [0.15, 0.2) is 22.8 Å². The molecule has 0 saturated heterocycles. The van der Waals surface area contributed by atoms with Crippen molar-refractivity contribution >= 4 is 27.7 Å². The zero-order valence-corrected chi connectivity index (χ0v) is 10.5. The first kappa shape index (κ1) is 13.1. The van der Waals surface area contributed by atoms with Crippen molar-refractivity contribution in [1.29, 1.82) is 0 Å². The molecule has 88 valence electrons.